The number of rotatable bonds is 6. The molecule has 2 aromatic rings. The maximum atomic E-state index is 12.5. The molecule has 5 nitrogen and oxygen atoms in total. The number of anilines is 1. The number of hydrogen-bond donors (Lipinski definition) is 1. The van der Waals surface area contributed by atoms with Crippen LogP contribution in [0.3, 0.4) is 0 Å². The highest BCUT2D eigenvalue weighted by atomic mass is 16.2. The summed E-state index contributed by atoms with van der Waals surface area (Å²) in [6.07, 6.45) is 3.70. The molecule has 112 valence electrons. The third-order valence-corrected chi connectivity index (χ3v) is 3.24. The van der Waals surface area contributed by atoms with Crippen LogP contribution in [0, 0.1) is 0 Å². The van der Waals surface area contributed by atoms with E-state index in [0.29, 0.717) is 11.4 Å². The summed E-state index contributed by atoms with van der Waals surface area (Å²) in [5.74, 6) is -0.00658. The minimum atomic E-state index is -0.00658. The molecule has 0 fully saturated rings. The number of nitrogens with zero attached hydrogens (tertiary/aromatic N) is 3. The van der Waals surface area contributed by atoms with Gasteiger partial charge < -0.3 is 10.6 Å². The first-order chi connectivity index (χ1) is 10.2. The van der Waals surface area contributed by atoms with Crippen LogP contribution < -0.4 is 5.73 Å². The van der Waals surface area contributed by atoms with E-state index in [1.165, 1.54) is 0 Å². The zero-order valence-corrected chi connectivity index (χ0v) is 12.6. The van der Waals surface area contributed by atoms with Gasteiger partial charge in [0.2, 0.25) is 0 Å². The zero-order valence-electron chi connectivity index (χ0n) is 12.6. The second-order valence-electron chi connectivity index (χ2n) is 5.03. The summed E-state index contributed by atoms with van der Waals surface area (Å²) in [5, 5.41) is 4.38. The van der Waals surface area contributed by atoms with Crippen LogP contribution in [-0.2, 0) is 0 Å². The number of hydrogen-bond acceptors (Lipinski definition) is 3. The van der Waals surface area contributed by atoms with E-state index >= 15 is 0 Å². The number of amides is 1. The first-order valence-electron chi connectivity index (χ1n) is 7.36. The molecule has 1 heterocycles. The molecule has 2 N–H and O–H groups in total. The average molecular weight is 286 g/mol. The van der Waals surface area contributed by atoms with Gasteiger partial charge in [-0.05, 0) is 43.2 Å². The summed E-state index contributed by atoms with van der Waals surface area (Å²) in [4.78, 5) is 14.3. The molecule has 1 aromatic heterocycles. The Kier molecular flexibility index (Phi) is 4.98. The largest absolute Gasteiger partial charge is 0.399 e. The number of nitrogens with two attached hydrogens (primary N) is 1. The second kappa shape index (κ2) is 6.92. The zero-order chi connectivity index (χ0) is 15.2. The van der Waals surface area contributed by atoms with E-state index < -0.39 is 0 Å². The molecule has 0 aliphatic rings. The van der Waals surface area contributed by atoms with Gasteiger partial charge in [0.15, 0.2) is 5.69 Å². The lowest BCUT2D eigenvalue weighted by Crippen LogP contribution is -2.32. The van der Waals surface area contributed by atoms with E-state index in [9.17, 15) is 4.79 Å². The molecule has 5 heteroatoms. The van der Waals surface area contributed by atoms with E-state index in [0.717, 1.165) is 31.6 Å². The minimum absolute atomic E-state index is 0.00658. The fourth-order valence-corrected chi connectivity index (χ4v) is 2.23. The Morgan fingerprint density at radius 3 is 2.33 bits per heavy atom. The van der Waals surface area contributed by atoms with Crippen LogP contribution in [0.4, 0.5) is 5.69 Å². The Morgan fingerprint density at radius 1 is 1.14 bits per heavy atom. The molecule has 0 saturated heterocycles. The lowest BCUT2D eigenvalue weighted by molar-refractivity contribution is 0.0749. The first-order valence-corrected chi connectivity index (χ1v) is 7.36. The van der Waals surface area contributed by atoms with Crippen LogP contribution in [0.1, 0.15) is 37.2 Å². The van der Waals surface area contributed by atoms with Crippen molar-refractivity contribution >= 4 is 11.6 Å². The van der Waals surface area contributed by atoms with Crippen molar-refractivity contribution in [3.8, 4) is 5.69 Å². The quantitative estimate of drug-likeness (QED) is 0.830. The Balaban J connectivity index is 2.18. The standard InChI is InChI=1S/C16H22N4O/c1-3-10-19(11-4-2)16(21)15-9-12-20(18-15)14-7-5-13(17)6-8-14/h5-9,12H,3-4,10-11,17H2,1-2H3. The van der Waals surface area contributed by atoms with Crippen LogP contribution in [-0.4, -0.2) is 33.7 Å². The maximum Gasteiger partial charge on any atom is 0.274 e. The van der Waals surface area contributed by atoms with E-state index in [2.05, 4.69) is 18.9 Å². The molecule has 0 spiro atoms. The van der Waals surface area contributed by atoms with Crippen molar-refractivity contribution in [3.63, 3.8) is 0 Å². The molecular formula is C16H22N4O. The lowest BCUT2D eigenvalue weighted by atomic mass is 10.3. The van der Waals surface area contributed by atoms with Gasteiger partial charge in [0.25, 0.3) is 5.91 Å². The number of benzene rings is 1. The molecule has 2 rings (SSSR count). The van der Waals surface area contributed by atoms with Crippen molar-refractivity contribution in [3.05, 3.63) is 42.2 Å². The predicted octanol–water partition coefficient (Wildman–Crippen LogP) is 2.72. The van der Waals surface area contributed by atoms with Crippen LogP contribution in [0.25, 0.3) is 5.69 Å². The van der Waals surface area contributed by atoms with E-state index in [-0.39, 0.29) is 5.91 Å². The normalized spacial score (nSPS) is 10.6. The summed E-state index contributed by atoms with van der Waals surface area (Å²) in [5.41, 5.74) is 7.75. The lowest BCUT2D eigenvalue weighted by Gasteiger charge is -2.20. The van der Waals surface area contributed by atoms with Gasteiger partial charge in [-0.1, -0.05) is 13.8 Å². The summed E-state index contributed by atoms with van der Waals surface area (Å²) in [6, 6.07) is 9.16. The van der Waals surface area contributed by atoms with Gasteiger partial charge in [-0.2, -0.15) is 5.10 Å². The van der Waals surface area contributed by atoms with Gasteiger partial charge in [-0.15, -0.1) is 0 Å². The number of carbonyl (C=O) groups is 1. The van der Waals surface area contributed by atoms with E-state index in [1.54, 1.807) is 16.9 Å². The fraction of sp³-hybridized carbons (Fsp3) is 0.375. The smallest absolute Gasteiger partial charge is 0.274 e. The van der Waals surface area contributed by atoms with Crippen molar-refractivity contribution < 1.29 is 4.79 Å². The molecule has 21 heavy (non-hydrogen) atoms. The van der Waals surface area contributed by atoms with Gasteiger partial charge in [-0.25, -0.2) is 4.68 Å². The van der Waals surface area contributed by atoms with Gasteiger partial charge >= 0.3 is 0 Å². The van der Waals surface area contributed by atoms with Crippen molar-refractivity contribution in [1.29, 1.82) is 0 Å². The highest BCUT2D eigenvalue weighted by Gasteiger charge is 2.17. The Hall–Kier alpha value is -2.30. The molecule has 0 bridgehead atoms. The molecule has 0 aliphatic carbocycles. The molecule has 1 amide bonds. The Bertz CT molecular complexity index is 583. The van der Waals surface area contributed by atoms with Crippen molar-refractivity contribution in [2.75, 3.05) is 18.8 Å². The highest BCUT2D eigenvalue weighted by Crippen LogP contribution is 2.12. The first kappa shape index (κ1) is 15.1. The minimum Gasteiger partial charge on any atom is -0.399 e. The second-order valence-corrected chi connectivity index (χ2v) is 5.03. The number of nitrogen functional groups attached to an aromatic ring is 1. The monoisotopic (exact) mass is 286 g/mol. The van der Waals surface area contributed by atoms with Crippen LogP contribution >= 0.6 is 0 Å². The summed E-state index contributed by atoms with van der Waals surface area (Å²) < 4.78 is 1.70. The number of carbonyl (C=O) groups excluding carboxylic acids is 1. The molecule has 0 saturated carbocycles. The van der Waals surface area contributed by atoms with Gasteiger partial charge in [0.05, 0.1) is 5.69 Å². The predicted molar refractivity (Wildman–Crippen MR) is 84.5 cm³/mol. The van der Waals surface area contributed by atoms with Crippen molar-refractivity contribution in [2.24, 2.45) is 0 Å². The topological polar surface area (TPSA) is 64.2 Å². The summed E-state index contributed by atoms with van der Waals surface area (Å²) >= 11 is 0. The Morgan fingerprint density at radius 2 is 1.76 bits per heavy atom. The van der Waals surface area contributed by atoms with Crippen molar-refractivity contribution in [1.82, 2.24) is 14.7 Å². The van der Waals surface area contributed by atoms with Crippen LogP contribution in [0.2, 0.25) is 0 Å². The summed E-state index contributed by atoms with van der Waals surface area (Å²) in [7, 11) is 0. The number of aromatic nitrogens is 2. The van der Waals surface area contributed by atoms with Crippen LogP contribution in [0.15, 0.2) is 36.5 Å². The van der Waals surface area contributed by atoms with Gasteiger partial charge in [0, 0.05) is 25.0 Å². The third-order valence-electron chi connectivity index (χ3n) is 3.24. The maximum absolute atomic E-state index is 12.5. The Labute approximate surface area is 125 Å². The van der Waals surface area contributed by atoms with Gasteiger partial charge in [0.1, 0.15) is 0 Å². The molecule has 1 aromatic carbocycles. The summed E-state index contributed by atoms with van der Waals surface area (Å²) in [6.45, 7) is 5.68. The SMILES string of the molecule is CCCN(CCC)C(=O)c1ccn(-c2ccc(N)cc2)n1. The average Bonchev–Trinajstić information content (AvgIpc) is 2.97. The van der Waals surface area contributed by atoms with E-state index in [4.69, 9.17) is 5.73 Å². The van der Waals surface area contributed by atoms with Gasteiger partial charge in [-0.3, -0.25) is 4.79 Å². The van der Waals surface area contributed by atoms with Crippen molar-refractivity contribution in [2.45, 2.75) is 26.7 Å². The third kappa shape index (κ3) is 3.62. The molecular weight excluding hydrogens is 264 g/mol. The fourth-order valence-electron chi connectivity index (χ4n) is 2.23. The molecule has 0 radical (unpaired) electrons. The highest BCUT2D eigenvalue weighted by molar-refractivity contribution is 5.92. The molecule has 0 atom stereocenters. The van der Waals surface area contributed by atoms with E-state index in [1.807, 2.05) is 29.2 Å². The van der Waals surface area contributed by atoms with Crippen LogP contribution in [0.5, 0.6) is 0 Å². The molecule has 0 aliphatic heterocycles. The molecule has 0 unspecified atom stereocenters.